The number of aliphatic hydroxyl groups is 1. The number of thiophene rings is 1. The Balaban J connectivity index is 1.95. The average molecular weight is 278 g/mol. The van der Waals surface area contributed by atoms with Gasteiger partial charge in [0.25, 0.3) is 0 Å². The van der Waals surface area contributed by atoms with E-state index in [1.165, 1.54) is 24.4 Å². The lowest BCUT2D eigenvalue weighted by Gasteiger charge is -2.19. The predicted molar refractivity (Wildman–Crippen MR) is 80.3 cm³/mol. The van der Waals surface area contributed by atoms with Crippen molar-refractivity contribution in [3.05, 3.63) is 21.9 Å². The number of hydrogen-bond acceptors (Lipinski definition) is 4. The normalized spacial score (nSPS) is 17.8. The molecule has 1 aliphatic rings. The Kier molecular flexibility index (Phi) is 5.87. The SMILES string of the molecule is CN1CCCN(Cc2sccc2C#CCCO)CC1. The first-order valence-corrected chi connectivity index (χ1v) is 7.74. The summed E-state index contributed by atoms with van der Waals surface area (Å²) in [4.78, 5) is 6.28. The number of rotatable bonds is 3. The minimum atomic E-state index is 0.144. The fourth-order valence-electron chi connectivity index (χ4n) is 2.25. The zero-order valence-corrected chi connectivity index (χ0v) is 12.4. The lowest BCUT2D eigenvalue weighted by atomic mass is 10.2. The molecule has 3 nitrogen and oxygen atoms in total. The van der Waals surface area contributed by atoms with E-state index >= 15 is 0 Å². The second kappa shape index (κ2) is 7.66. The summed E-state index contributed by atoms with van der Waals surface area (Å²) in [7, 11) is 2.19. The van der Waals surface area contributed by atoms with Crippen molar-refractivity contribution in [2.45, 2.75) is 19.4 Å². The van der Waals surface area contributed by atoms with E-state index in [-0.39, 0.29) is 6.61 Å². The third-order valence-electron chi connectivity index (χ3n) is 3.38. The van der Waals surface area contributed by atoms with Crippen molar-refractivity contribution in [1.29, 1.82) is 0 Å². The molecule has 0 atom stereocenters. The molecule has 0 aliphatic carbocycles. The molecule has 0 unspecified atom stereocenters. The Morgan fingerprint density at radius 2 is 2.21 bits per heavy atom. The van der Waals surface area contributed by atoms with Crippen LogP contribution in [0.2, 0.25) is 0 Å². The molecule has 19 heavy (non-hydrogen) atoms. The van der Waals surface area contributed by atoms with Crippen LogP contribution in [0.25, 0.3) is 0 Å². The van der Waals surface area contributed by atoms with Crippen LogP contribution >= 0.6 is 11.3 Å². The molecule has 1 aromatic rings. The lowest BCUT2D eigenvalue weighted by molar-refractivity contribution is 0.271. The number of aliphatic hydroxyl groups excluding tert-OH is 1. The van der Waals surface area contributed by atoms with Gasteiger partial charge in [0.15, 0.2) is 0 Å². The highest BCUT2D eigenvalue weighted by Crippen LogP contribution is 2.19. The number of likely N-dealkylation sites (N-methyl/N-ethyl adjacent to an activating group) is 1. The van der Waals surface area contributed by atoms with Gasteiger partial charge in [0.1, 0.15) is 0 Å². The van der Waals surface area contributed by atoms with E-state index in [2.05, 4.69) is 40.1 Å². The summed E-state index contributed by atoms with van der Waals surface area (Å²) in [5, 5.41) is 10.9. The maximum Gasteiger partial charge on any atom is 0.0540 e. The fourth-order valence-corrected chi connectivity index (χ4v) is 3.12. The molecule has 0 amide bonds. The molecule has 2 rings (SSSR count). The molecule has 2 heterocycles. The predicted octanol–water partition coefficient (Wildman–Crippen LogP) is 1.62. The first-order chi connectivity index (χ1) is 9.29. The van der Waals surface area contributed by atoms with Crippen molar-refractivity contribution in [3.63, 3.8) is 0 Å². The highest BCUT2D eigenvalue weighted by molar-refractivity contribution is 7.10. The first kappa shape index (κ1) is 14.5. The van der Waals surface area contributed by atoms with Crippen molar-refractivity contribution in [2.24, 2.45) is 0 Å². The van der Waals surface area contributed by atoms with E-state index < -0.39 is 0 Å². The van der Waals surface area contributed by atoms with Crippen LogP contribution in [0.15, 0.2) is 11.4 Å². The molecule has 0 radical (unpaired) electrons. The van der Waals surface area contributed by atoms with Gasteiger partial charge in [-0.3, -0.25) is 4.90 Å². The highest BCUT2D eigenvalue weighted by atomic mass is 32.1. The average Bonchev–Trinajstić information content (AvgIpc) is 2.73. The number of nitrogens with zero attached hydrogens (tertiary/aromatic N) is 2. The van der Waals surface area contributed by atoms with E-state index in [4.69, 9.17) is 5.11 Å². The van der Waals surface area contributed by atoms with Gasteiger partial charge in [-0.2, -0.15) is 0 Å². The first-order valence-electron chi connectivity index (χ1n) is 6.86. The van der Waals surface area contributed by atoms with Gasteiger partial charge in [0, 0.05) is 36.5 Å². The van der Waals surface area contributed by atoms with Crippen molar-refractivity contribution in [1.82, 2.24) is 9.80 Å². The van der Waals surface area contributed by atoms with E-state index in [1.807, 2.05) is 0 Å². The fraction of sp³-hybridized carbons (Fsp3) is 0.600. The number of hydrogen-bond donors (Lipinski definition) is 1. The Labute approximate surface area is 119 Å². The van der Waals surface area contributed by atoms with Gasteiger partial charge in [-0.15, -0.1) is 11.3 Å². The molecule has 0 aromatic carbocycles. The molecular formula is C15H22N2OS. The van der Waals surface area contributed by atoms with Crippen molar-refractivity contribution >= 4 is 11.3 Å². The minimum Gasteiger partial charge on any atom is -0.395 e. The molecule has 0 spiro atoms. The van der Waals surface area contributed by atoms with Gasteiger partial charge in [-0.05, 0) is 38.0 Å². The van der Waals surface area contributed by atoms with E-state index in [9.17, 15) is 0 Å². The van der Waals surface area contributed by atoms with Gasteiger partial charge in [-0.1, -0.05) is 11.8 Å². The summed E-state index contributed by atoms with van der Waals surface area (Å²) in [5.74, 6) is 6.19. The Morgan fingerprint density at radius 1 is 1.32 bits per heavy atom. The van der Waals surface area contributed by atoms with Crippen molar-refractivity contribution < 1.29 is 5.11 Å². The third kappa shape index (κ3) is 4.63. The van der Waals surface area contributed by atoms with Gasteiger partial charge < -0.3 is 10.0 Å². The Hall–Kier alpha value is -0.860. The summed E-state index contributed by atoms with van der Waals surface area (Å²) < 4.78 is 0. The summed E-state index contributed by atoms with van der Waals surface area (Å²) in [6.45, 7) is 5.81. The molecule has 1 N–H and O–H groups in total. The molecule has 4 heteroatoms. The Bertz CT molecular complexity index is 446. The van der Waals surface area contributed by atoms with Crippen molar-refractivity contribution in [2.75, 3.05) is 39.8 Å². The van der Waals surface area contributed by atoms with Gasteiger partial charge in [-0.25, -0.2) is 0 Å². The quantitative estimate of drug-likeness (QED) is 0.851. The summed E-state index contributed by atoms with van der Waals surface area (Å²) >= 11 is 1.79. The van der Waals surface area contributed by atoms with Gasteiger partial charge >= 0.3 is 0 Å². The van der Waals surface area contributed by atoms with E-state index in [0.717, 1.165) is 25.2 Å². The van der Waals surface area contributed by atoms with Crippen LogP contribution in [0.1, 0.15) is 23.3 Å². The van der Waals surface area contributed by atoms with Crippen LogP contribution < -0.4 is 0 Å². The second-order valence-corrected chi connectivity index (χ2v) is 5.97. The van der Waals surface area contributed by atoms with Crippen LogP contribution in [-0.2, 0) is 6.54 Å². The summed E-state index contributed by atoms with van der Waals surface area (Å²) in [6, 6.07) is 2.09. The maximum absolute atomic E-state index is 8.77. The molecular weight excluding hydrogens is 256 g/mol. The van der Waals surface area contributed by atoms with Gasteiger partial charge in [0.2, 0.25) is 0 Å². The van der Waals surface area contributed by atoms with Gasteiger partial charge in [0.05, 0.1) is 6.61 Å². The zero-order chi connectivity index (χ0) is 13.5. The van der Waals surface area contributed by atoms with Crippen LogP contribution in [0, 0.1) is 11.8 Å². The Morgan fingerprint density at radius 3 is 3.05 bits per heavy atom. The van der Waals surface area contributed by atoms with Crippen LogP contribution in [0.5, 0.6) is 0 Å². The lowest BCUT2D eigenvalue weighted by Crippen LogP contribution is -2.28. The molecule has 1 aromatic heterocycles. The van der Waals surface area contributed by atoms with E-state index in [1.54, 1.807) is 11.3 Å². The standard InChI is InChI=1S/C15H22N2OS/c1-16-7-4-8-17(10-9-16)13-15-14(6-12-19-15)5-2-3-11-18/h6,12,18H,3-4,7-11,13H2,1H3. The summed E-state index contributed by atoms with van der Waals surface area (Å²) in [5.41, 5.74) is 1.14. The molecule has 1 saturated heterocycles. The summed E-state index contributed by atoms with van der Waals surface area (Å²) in [6.07, 6.45) is 1.80. The minimum absolute atomic E-state index is 0.144. The maximum atomic E-state index is 8.77. The monoisotopic (exact) mass is 278 g/mol. The highest BCUT2D eigenvalue weighted by Gasteiger charge is 2.14. The molecule has 0 bridgehead atoms. The third-order valence-corrected chi connectivity index (χ3v) is 4.29. The van der Waals surface area contributed by atoms with Crippen molar-refractivity contribution in [3.8, 4) is 11.8 Å². The zero-order valence-electron chi connectivity index (χ0n) is 11.6. The molecule has 1 aliphatic heterocycles. The second-order valence-electron chi connectivity index (χ2n) is 4.97. The van der Waals surface area contributed by atoms with Crippen LogP contribution in [0.4, 0.5) is 0 Å². The van der Waals surface area contributed by atoms with Crippen LogP contribution in [0.3, 0.4) is 0 Å². The van der Waals surface area contributed by atoms with E-state index in [0.29, 0.717) is 6.42 Å². The molecule has 1 fully saturated rings. The smallest absolute Gasteiger partial charge is 0.0540 e. The van der Waals surface area contributed by atoms with Crippen LogP contribution in [-0.4, -0.2) is 54.7 Å². The molecule has 0 saturated carbocycles. The largest absolute Gasteiger partial charge is 0.395 e. The topological polar surface area (TPSA) is 26.7 Å². The molecule has 104 valence electrons.